The molecular formula is C24H30Cl2N2O3. The minimum absolute atomic E-state index is 0.133. The first kappa shape index (κ1) is 25.0. The molecule has 1 N–H and O–H groups in total. The molecule has 0 unspecified atom stereocenters. The van der Waals surface area contributed by atoms with E-state index >= 15 is 0 Å². The normalized spacial score (nSPS) is 11.6. The number of nitrogens with zero attached hydrogens (tertiary/aromatic N) is 1. The van der Waals surface area contributed by atoms with E-state index in [0.29, 0.717) is 41.6 Å². The summed E-state index contributed by atoms with van der Waals surface area (Å²) >= 11 is 12.7. The minimum atomic E-state index is -0.596. The summed E-state index contributed by atoms with van der Waals surface area (Å²) in [7, 11) is 0. The van der Waals surface area contributed by atoms with Gasteiger partial charge in [0.1, 0.15) is 11.8 Å². The Bertz CT molecular complexity index is 826. The highest BCUT2D eigenvalue weighted by molar-refractivity contribution is 6.36. The number of hydrogen-bond donors (Lipinski definition) is 1. The van der Waals surface area contributed by atoms with E-state index in [0.717, 1.165) is 12.2 Å². The summed E-state index contributed by atoms with van der Waals surface area (Å²) in [6.45, 7) is 5.03. The number of amides is 2. The molecule has 0 aliphatic rings. The van der Waals surface area contributed by atoms with Gasteiger partial charge in [-0.3, -0.25) is 9.59 Å². The third kappa shape index (κ3) is 7.75. The second-order valence-corrected chi connectivity index (χ2v) is 8.02. The number of nitrogens with one attached hydrogen (secondary N) is 1. The fourth-order valence-electron chi connectivity index (χ4n) is 3.21. The Morgan fingerprint density at radius 3 is 2.32 bits per heavy atom. The molecule has 7 heteroatoms. The molecule has 0 bridgehead atoms. The molecule has 0 fully saturated rings. The van der Waals surface area contributed by atoms with E-state index in [1.54, 1.807) is 23.1 Å². The predicted molar refractivity (Wildman–Crippen MR) is 126 cm³/mol. The van der Waals surface area contributed by atoms with E-state index in [1.807, 2.05) is 44.2 Å². The van der Waals surface area contributed by atoms with Crippen LogP contribution in [0.5, 0.6) is 5.75 Å². The molecule has 0 aliphatic heterocycles. The van der Waals surface area contributed by atoms with E-state index in [1.165, 1.54) is 0 Å². The van der Waals surface area contributed by atoms with E-state index in [9.17, 15) is 9.59 Å². The predicted octanol–water partition coefficient (Wildman–Crippen LogP) is 5.49. The van der Waals surface area contributed by atoms with Crippen molar-refractivity contribution in [3.8, 4) is 5.75 Å². The summed E-state index contributed by atoms with van der Waals surface area (Å²) in [6, 6.07) is 14.1. The Morgan fingerprint density at radius 1 is 1.03 bits per heavy atom. The SMILES string of the molecule is CCCNC(=O)[C@H](CC)N(Cc1c(Cl)cccc1Cl)C(=O)CCCOc1ccccc1. The van der Waals surface area contributed by atoms with Crippen molar-refractivity contribution in [1.82, 2.24) is 10.2 Å². The Morgan fingerprint density at radius 2 is 1.71 bits per heavy atom. The lowest BCUT2D eigenvalue weighted by Crippen LogP contribution is -2.49. The second-order valence-electron chi connectivity index (χ2n) is 7.20. The van der Waals surface area contributed by atoms with Crippen LogP contribution in [0.25, 0.3) is 0 Å². The molecule has 0 spiro atoms. The van der Waals surface area contributed by atoms with Crippen LogP contribution in [0.4, 0.5) is 0 Å². The summed E-state index contributed by atoms with van der Waals surface area (Å²) in [5, 5.41) is 3.85. The van der Waals surface area contributed by atoms with Crippen LogP contribution in [0.2, 0.25) is 10.0 Å². The number of ether oxygens (including phenoxy) is 1. The van der Waals surface area contributed by atoms with Gasteiger partial charge in [-0.1, -0.05) is 61.3 Å². The monoisotopic (exact) mass is 464 g/mol. The quantitative estimate of drug-likeness (QED) is 0.422. The Labute approximate surface area is 194 Å². The average Bonchev–Trinajstić information content (AvgIpc) is 2.77. The van der Waals surface area contributed by atoms with Crippen molar-refractivity contribution >= 4 is 35.0 Å². The Kier molecular flexibility index (Phi) is 10.7. The molecular weight excluding hydrogens is 435 g/mol. The van der Waals surface area contributed by atoms with Gasteiger partial charge in [0, 0.05) is 35.1 Å². The summed E-state index contributed by atoms with van der Waals surface area (Å²) in [4.78, 5) is 27.5. The second kappa shape index (κ2) is 13.2. The van der Waals surface area contributed by atoms with Crippen LogP contribution in [0, 0.1) is 0 Å². The maximum absolute atomic E-state index is 13.2. The maximum Gasteiger partial charge on any atom is 0.242 e. The van der Waals surface area contributed by atoms with Gasteiger partial charge in [0.2, 0.25) is 11.8 Å². The largest absolute Gasteiger partial charge is 0.494 e. The van der Waals surface area contributed by atoms with Gasteiger partial charge in [0.25, 0.3) is 0 Å². The van der Waals surface area contributed by atoms with Gasteiger partial charge < -0.3 is 15.0 Å². The number of hydrogen-bond acceptors (Lipinski definition) is 3. The van der Waals surface area contributed by atoms with Gasteiger partial charge in [0.15, 0.2) is 0 Å². The Balaban J connectivity index is 2.11. The molecule has 2 aromatic rings. The molecule has 2 amide bonds. The van der Waals surface area contributed by atoms with Crippen molar-refractivity contribution in [3.63, 3.8) is 0 Å². The average molecular weight is 465 g/mol. The van der Waals surface area contributed by atoms with Crippen LogP contribution in [-0.2, 0) is 16.1 Å². The van der Waals surface area contributed by atoms with Gasteiger partial charge in [-0.15, -0.1) is 0 Å². The molecule has 0 aliphatic carbocycles. The lowest BCUT2D eigenvalue weighted by atomic mass is 10.1. The molecule has 2 aromatic carbocycles. The van der Waals surface area contributed by atoms with Crippen molar-refractivity contribution in [3.05, 3.63) is 64.1 Å². The third-order valence-electron chi connectivity index (χ3n) is 4.87. The van der Waals surface area contributed by atoms with E-state index < -0.39 is 6.04 Å². The van der Waals surface area contributed by atoms with Crippen molar-refractivity contribution in [2.45, 2.75) is 52.1 Å². The molecule has 0 saturated carbocycles. The van der Waals surface area contributed by atoms with Gasteiger partial charge in [0.05, 0.1) is 6.61 Å². The molecule has 1 atom stereocenters. The maximum atomic E-state index is 13.2. The molecule has 0 heterocycles. The fraction of sp³-hybridized carbons (Fsp3) is 0.417. The summed E-state index contributed by atoms with van der Waals surface area (Å²) in [5.41, 5.74) is 0.640. The zero-order valence-electron chi connectivity index (χ0n) is 18.1. The third-order valence-corrected chi connectivity index (χ3v) is 5.58. The van der Waals surface area contributed by atoms with E-state index in [-0.39, 0.29) is 24.8 Å². The van der Waals surface area contributed by atoms with Crippen LogP contribution in [0.15, 0.2) is 48.5 Å². The summed E-state index contributed by atoms with van der Waals surface area (Å²) in [6.07, 6.45) is 2.10. The highest BCUT2D eigenvalue weighted by Crippen LogP contribution is 2.27. The smallest absolute Gasteiger partial charge is 0.242 e. The highest BCUT2D eigenvalue weighted by Gasteiger charge is 2.29. The summed E-state index contributed by atoms with van der Waals surface area (Å²) < 4.78 is 5.69. The van der Waals surface area contributed by atoms with Crippen LogP contribution < -0.4 is 10.1 Å². The van der Waals surface area contributed by atoms with Crippen LogP contribution in [0.1, 0.15) is 45.1 Å². The number of para-hydroxylation sites is 1. The first-order valence-corrected chi connectivity index (χ1v) is 11.4. The number of benzene rings is 2. The Hall–Kier alpha value is -2.24. The van der Waals surface area contributed by atoms with E-state index in [2.05, 4.69) is 5.32 Å². The highest BCUT2D eigenvalue weighted by atomic mass is 35.5. The standard InChI is InChI=1S/C24H30Cl2N2O3/c1-3-15-27-24(30)22(4-2)28(17-19-20(25)12-8-13-21(19)26)23(29)14-9-16-31-18-10-6-5-7-11-18/h5-8,10-13,22H,3-4,9,14-17H2,1-2H3,(H,27,30)/t22-/m0/s1. The molecule has 2 rings (SSSR count). The molecule has 0 aromatic heterocycles. The van der Waals surface area contributed by atoms with Crippen LogP contribution in [-0.4, -0.2) is 35.9 Å². The van der Waals surface area contributed by atoms with Gasteiger partial charge in [-0.25, -0.2) is 0 Å². The summed E-state index contributed by atoms with van der Waals surface area (Å²) in [5.74, 6) is 0.465. The van der Waals surface area contributed by atoms with Crippen molar-refractivity contribution in [2.24, 2.45) is 0 Å². The molecule has 0 saturated heterocycles. The van der Waals surface area contributed by atoms with Gasteiger partial charge >= 0.3 is 0 Å². The van der Waals surface area contributed by atoms with Crippen LogP contribution in [0.3, 0.4) is 0 Å². The topological polar surface area (TPSA) is 58.6 Å². The fourth-order valence-corrected chi connectivity index (χ4v) is 3.73. The van der Waals surface area contributed by atoms with Crippen molar-refractivity contribution in [2.75, 3.05) is 13.2 Å². The number of carbonyl (C=O) groups is 2. The first-order valence-electron chi connectivity index (χ1n) is 10.7. The number of carbonyl (C=O) groups excluding carboxylic acids is 2. The minimum Gasteiger partial charge on any atom is -0.494 e. The zero-order valence-corrected chi connectivity index (χ0v) is 19.6. The first-order chi connectivity index (χ1) is 15.0. The van der Waals surface area contributed by atoms with Crippen molar-refractivity contribution < 1.29 is 14.3 Å². The zero-order chi connectivity index (χ0) is 22.6. The molecule has 31 heavy (non-hydrogen) atoms. The number of halogens is 2. The number of rotatable bonds is 12. The lowest BCUT2D eigenvalue weighted by Gasteiger charge is -2.31. The van der Waals surface area contributed by atoms with E-state index in [4.69, 9.17) is 27.9 Å². The lowest BCUT2D eigenvalue weighted by molar-refractivity contribution is -0.141. The molecule has 0 radical (unpaired) electrons. The van der Waals surface area contributed by atoms with Gasteiger partial charge in [-0.05, 0) is 43.5 Å². The molecule has 168 valence electrons. The van der Waals surface area contributed by atoms with Crippen molar-refractivity contribution in [1.29, 1.82) is 0 Å². The molecule has 5 nitrogen and oxygen atoms in total. The van der Waals surface area contributed by atoms with Gasteiger partial charge in [-0.2, -0.15) is 0 Å². The van der Waals surface area contributed by atoms with Crippen LogP contribution >= 0.6 is 23.2 Å².